The first-order chi connectivity index (χ1) is 11.0. The van der Waals surface area contributed by atoms with Gasteiger partial charge in [-0.2, -0.15) is 0 Å². The molecule has 0 aliphatic rings. The second-order valence-electron chi connectivity index (χ2n) is 4.63. The van der Waals surface area contributed by atoms with E-state index in [0.29, 0.717) is 32.9 Å². The third-order valence-corrected chi connectivity index (χ3v) is 3.42. The number of hydrogen-bond acceptors (Lipinski definition) is 4. The van der Waals surface area contributed by atoms with Gasteiger partial charge in [-0.1, -0.05) is 23.2 Å². The molecule has 0 unspecified atom stereocenters. The average Bonchev–Trinajstić information content (AvgIpc) is 2.52. The molecule has 2 aromatic carbocycles. The highest BCUT2D eigenvalue weighted by atomic mass is 35.5. The molecule has 0 spiro atoms. The molecule has 0 saturated carbocycles. The van der Waals surface area contributed by atoms with Crippen LogP contribution in [0.5, 0.6) is 11.5 Å². The number of rotatable bonds is 6. The first-order valence-electron chi connectivity index (χ1n) is 6.73. The van der Waals surface area contributed by atoms with E-state index in [1.165, 1.54) is 7.11 Å². The molecule has 1 amide bonds. The third-order valence-electron chi connectivity index (χ3n) is 2.98. The number of hydrogen-bond donors (Lipinski definition) is 2. The predicted molar refractivity (Wildman–Crippen MR) is 93.1 cm³/mol. The molecule has 23 heavy (non-hydrogen) atoms. The Morgan fingerprint density at radius 1 is 0.957 bits per heavy atom. The van der Waals surface area contributed by atoms with Gasteiger partial charge in [0.05, 0.1) is 20.8 Å². The van der Waals surface area contributed by atoms with Crippen molar-refractivity contribution < 1.29 is 14.3 Å². The molecule has 0 radical (unpaired) electrons. The van der Waals surface area contributed by atoms with Crippen LogP contribution in [-0.4, -0.2) is 26.7 Å². The topological polar surface area (TPSA) is 59.6 Å². The molecule has 0 aliphatic heterocycles. The fourth-order valence-electron chi connectivity index (χ4n) is 1.96. The van der Waals surface area contributed by atoms with E-state index in [-0.39, 0.29) is 12.5 Å². The van der Waals surface area contributed by atoms with Crippen molar-refractivity contribution >= 4 is 40.5 Å². The van der Waals surface area contributed by atoms with E-state index in [1.54, 1.807) is 43.5 Å². The van der Waals surface area contributed by atoms with Gasteiger partial charge in [0.2, 0.25) is 5.91 Å². The summed E-state index contributed by atoms with van der Waals surface area (Å²) in [5, 5.41) is 6.73. The Bertz CT molecular complexity index is 687. The highest BCUT2D eigenvalue weighted by Gasteiger charge is 2.08. The Morgan fingerprint density at radius 3 is 2.22 bits per heavy atom. The Balaban J connectivity index is 1.97. The molecule has 2 N–H and O–H groups in total. The van der Waals surface area contributed by atoms with Gasteiger partial charge in [0, 0.05) is 27.5 Å². The van der Waals surface area contributed by atoms with Gasteiger partial charge < -0.3 is 20.1 Å². The monoisotopic (exact) mass is 354 g/mol. The van der Waals surface area contributed by atoms with Crippen LogP contribution >= 0.6 is 23.2 Å². The van der Waals surface area contributed by atoms with Crippen molar-refractivity contribution in [3.05, 3.63) is 46.4 Å². The molecular formula is C16H16Cl2N2O3. The normalized spacial score (nSPS) is 10.1. The average molecular weight is 355 g/mol. The highest BCUT2D eigenvalue weighted by molar-refractivity contribution is 6.35. The molecule has 0 fully saturated rings. The Hall–Kier alpha value is -2.11. The maximum Gasteiger partial charge on any atom is 0.243 e. The second-order valence-corrected chi connectivity index (χ2v) is 5.50. The SMILES string of the molecule is COc1ccc(NC(=O)CNc2cc(Cl)cc(Cl)c2)cc1OC. The van der Waals surface area contributed by atoms with E-state index in [0.717, 1.165) is 0 Å². The lowest BCUT2D eigenvalue weighted by Crippen LogP contribution is -2.21. The number of anilines is 2. The van der Waals surface area contributed by atoms with E-state index in [9.17, 15) is 4.79 Å². The highest BCUT2D eigenvalue weighted by Crippen LogP contribution is 2.29. The largest absolute Gasteiger partial charge is 0.493 e. The zero-order valence-corrected chi connectivity index (χ0v) is 14.2. The summed E-state index contributed by atoms with van der Waals surface area (Å²) in [6.07, 6.45) is 0. The van der Waals surface area contributed by atoms with Crippen LogP contribution < -0.4 is 20.1 Å². The van der Waals surface area contributed by atoms with Crippen LogP contribution in [0.4, 0.5) is 11.4 Å². The second kappa shape index (κ2) is 7.94. The minimum absolute atomic E-state index is 0.0744. The third kappa shape index (κ3) is 4.94. The fourth-order valence-corrected chi connectivity index (χ4v) is 2.48. The van der Waals surface area contributed by atoms with Crippen molar-refractivity contribution in [3.8, 4) is 11.5 Å². The van der Waals surface area contributed by atoms with E-state index in [4.69, 9.17) is 32.7 Å². The van der Waals surface area contributed by atoms with Crippen molar-refractivity contribution in [1.29, 1.82) is 0 Å². The molecule has 0 atom stereocenters. The van der Waals surface area contributed by atoms with Crippen LogP contribution in [-0.2, 0) is 4.79 Å². The van der Waals surface area contributed by atoms with Crippen molar-refractivity contribution in [2.45, 2.75) is 0 Å². The van der Waals surface area contributed by atoms with E-state index < -0.39 is 0 Å². The van der Waals surface area contributed by atoms with E-state index in [1.807, 2.05) is 0 Å². The maximum absolute atomic E-state index is 12.0. The van der Waals surface area contributed by atoms with Crippen LogP contribution in [0.3, 0.4) is 0 Å². The molecule has 0 bridgehead atoms. The summed E-state index contributed by atoms with van der Waals surface area (Å²) >= 11 is 11.8. The lowest BCUT2D eigenvalue weighted by Gasteiger charge is -2.11. The lowest BCUT2D eigenvalue weighted by molar-refractivity contribution is -0.114. The van der Waals surface area contributed by atoms with Gasteiger partial charge in [-0.15, -0.1) is 0 Å². The zero-order valence-electron chi connectivity index (χ0n) is 12.7. The summed E-state index contributed by atoms with van der Waals surface area (Å²) in [4.78, 5) is 12.0. The predicted octanol–water partition coefficient (Wildman–Crippen LogP) is 4.06. The smallest absolute Gasteiger partial charge is 0.243 e. The van der Waals surface area contributed by atoms with Gasteiger partial charge in [0.1, 0.15) is 0 Å². The summed E-state index contributed by atoms with van der Waals surface area (Å²) in [7, 11) is 3.09. The standard InChI is InChI=1S/C16H16Cl2N2O3/c1-22-14-4-3-12(8-15(14)23-2)20-16(21)9-19-13-6-10(17)5-11(18)7-13/h3-8,19H,9H2,1-2H3,(H,20,21). The van der Waals surface area contributed by atoms with Crippen molar-refractivity contribution in [2.24, 2.45) is 0 Å². The lowest BCUT2D eigenvalue weighted by atomic mass is 10.2. The van der Waals surface area contributed by atoms with Crippen LogP contribution in [0.15, 0.2) is 36.4 Å². The summed E-state index contributed by atoms with van der Waals surface area (Å²) in [6, 6.07) is 10.1. The van der Waals surface area contributed by atoms with Gasteiger partial charge in [-0.05, 0) is 30.3 Å². The Labute approximate surface area is 144 Å². The van der Waals surface area contributed by atoms with Gasteiger partial charge in [-0.3, -0.25) is 4.79 Å². The minimum atomic E-state index is -0.215. The molecule has 0 aliphatic carbocycles. The van der Waals surface area contributed by atoms with Crippen LogP contribution in [0.2, 0.25) is 10.0 Å². The van der Waals surface area contributed by atoms with Crippen molar-refractivity contribution in [1.82, 2.24) is 0 Å². The van der Waals surface area contributed by atoms with Gasteiger partial charge >= 0.3 is 0 Å². The molecule has 2 aromatic rings. The number of methoxy groups -OCH3 is 2. The zero-order chi connectivity index (χ0) is 16.8. The van der Waals surface area contributed by atoms with Crippen molar-refractivity contribution in [3.63, 3.8) is 0 Å². The molecule has 0 saturated heterocycles. The molecule has 0 aromatic heterocycles. The molecule has 5 nitrogen and oxygen atoms in total. The molecular weight excluding hydrogens is 339 g/mol. The maximum atomic E-state index is 12.0. The number of carbonyl (C=O) groups is 1. The van der Waals surface area contributed by atoms with Crippen LogP contribution in [0.25, 0.3) is 0 Å². The Kier molecular flexibility index (Phi) is 5.96. The minimum Gasteiger partial charge on any atom is -0.493 e. The number of benzene rings is 2. The fraction of sp³-hybridized carbons (Fsp3) is 0.188. The number of amides is 1. The van der Waals surface area contributed by atoms with E-state index in [2.05, 4.69) is 10.6 Å². The quantitative estimate of drug-likeness (QED) is 0.820. The number of halogens is 2. The Morgan fingerprint density at radius 2 is 1.61 bits per heavy atom. The number of carbonyl (C=O) groups excluding carboxylic acids is 1. The van der Waals surface area contributed by atoms with Gasteiger partial charge in [0.15, 0.2) is 11.5 Å². The summed E-state index contributed by atoms with van der Waals surface area (Å²) in [6.45, 7) is 0.0744. The summed E-state index contributed by atoms with van der Waals surface area (Å²) in [5.74, 6) is 0.922. The summed E-state index contributed by atoms with van der Waals surface area (Å²) in [5.41, 5.74) is 1.28. The molecule has 122 valence electrons. The molecule has 2 rings (SSSR count). The van der Waals surface area contributed by atoms with Gasteiger partial charge in [0.25, 0.3) is 0 Å². The first-order valence-corrected chi connectivity index (χ1v) is 7.49. The van der Waals surface area contributed by atoms with E-state index >= 15 is 0 Å². The molecule has 0 heterocycles. The summed E-state index contributed by atoms with van der Waals surface area (Å²) < 4.78 is 10.3. The molecule has 7 heteroatoms. The number of ether oxygens (including phenoxy) is 2. The number of nitrogens with one attached hydrogen (secondary N) is 2. The van der Waals surface area contributed by atoms with Gasteiger partial charge in [-0.25, -0.2) is 0 Å². The van der Waals surface area contributed by atoms with Crippen molar-refractivity contribution in [2.75, 3.05) is 31.4 Å². The van der Waals surface area contributed by atoms with Crippen LogP contribution in [0, 0.1) is 0 Å². The first kappa shape index (κ1) is 17.2. The van der Waals surface area contributed by atoms with Crippen LogP contribution in [0.1, 0.15) is 0 Å².